The SMILES string of the molecule is O=S(=O)(C1CC1)N1CCC(c2cc(-c3ccc(F)cc3)n[nH]2)CC1. The highest BCUT2D eigenvalue weighted by Gasteiger charge is 2.41. The molecule has 1 aliphatic carbocycles. The fraction of sp³-hybridized carbons (Fsp3) is 0.471. The number of nitrogens with one attached hydrogen (secondary N) is 1. The van der Waals surface area contributed by atoms with Crippen LogP contribution in [0.2, 0.25) is 0 Å². The third-order valence-corrected chi connectivity index (χ3v) is 7.34. The highest BCUT2D eigenvalue weighted by molar-refractivity contribution is 7.90. The van der Waals surface area contributed by atoms with Crippen molar-refractivity contribution in [2.45, 2.75) is 36.9 Å². The summed E-state index contributed by atoms with van der Waals surface area (Å²) in [5.41, 5.74) is 2.68. The molecule has 0 unspecified atom stereocenters. The van der Waals surface area contributed by atoms with E-state index in [1.807, 2.05) is 6.07 Å². The molecule has 1 aliphatic heterocycles. The number of benzene rings is 1. The fourth-order valence-electron chi connectivity index (χ4n) is 3.31. The number of aromatic amines is 1. The Morgan fingerprint density at radius 1 is 1.08 bits per heavy atom. The zero-order valence-electron chi connectivity index (χ0n) is 13.3. The molecule has 0 bridgehead atoms. The number of H-pyrrole nitrogens is 1. The average Bonchev–Trinajstić information content (AvgIpc) is 3.35. The van der Waals surface area contributed by atoms with Gasteiger partial charge in [0.2, 0.25) is 10.0 Å². The topological polar surface area (TPSA) is 66.1 Å². The molecule has 5 nitrogen and oxygen atoms in total. The van der Waals surface area contributed by atoms with Gasteiger partial charge in [0.15, 0.2) is 0 Å². The van der Waals surface area contributed by atoms with Crippen molar-refractivity contribution in [2.75, 3.05) is 13.1 Å². The molecule has 0 spiro atoms. The second kappa shape index (κ2) is 5.97. The Hall–Kier alpha value is -1.73. The quantitative estimate of drug-likeness (QED) is 0.923. The second-order valence-corrected chi connectivity index (χ2v) is 8.85. The fourth-order valence-corrected chi connectivity index (χ4v) is 5.19. The van der Waals surface area contributed by atoms with Crippen LogP contribution in [0.15, 0.2) is 30.3 Å². The maximum Gasteiger partial charge on any atom is 0.216 e. The van der Waals surface area contributed by atoms with Gasteiger partial charge < -0.3 is 0 Å². The highest BCUT2D eigenvalue weighted by atomic mass is 32.2. The Morgan fingerprint density at radius 2 is 1.75 bits per heavy atom. The molecule has 128 valence electrons. The molecule has 2 heterocycles. The molecule has 0 radical (unpaired) electrons. The molecule has 1 aromatic carbocycles. The van der Waals surface area contributed by atoms with E-state index < -0.39 is 10.0 Å². The van der Waals surface area contributed by atoms with E-state index in [-0.39, 0.29) is 17.0 Å². The molecule has 1 saturated carbocycles. The van der Waals surface area contributed by atoms with Crippen LogP contribution in [0, 0.1) is 5.82 Å². The van der Waals surface area contributed by atoms with Crippen LogP contribution in [-0.2, 0) is 10.0 Å². The Balaban J connectivity index is 1.44. The molecule has 2 aromatic rings. The summed E-state index contributed by atoms with van der Waals surface area (Å²) < 4.78 is 39.2. The number of halogens is 1. The van der Waals surface area contributed by atoms with Crippen LogP contribution in [-0.4, -0.2) is 41.3 Å². The molecule has 2 aliphatic rings. The first kappa shape index (κ1) is 15.8. The van der Waals surface area contributed by atoms with Gasteiger partial charge >= 0.3 is 0 Å². The van der Waals surface area contributed by atoms with Crippen LogP contribution in [0.4, 0.5) is 4.39 Å². The third kappa shape index (κ3) is 2.98. The van der Waals surface area contributed by atoms with Crippen LogP contribution in [0.5, 0.6) is 0 Å². The third-order valence-electron chi connectivity index (χ3n) is 4.94. The van der Waals surface area contributed by atoms with Crippen molar-refractivity contribution in [2.24, 2.45) is 0 Å². The lowest BCUT2D eigenvalue weighted by Gasteiger charge is -2.30. The number of hydrogen-bond acceptors (Lipinski definition) is 3. The molecular weight excluding hydrogens is 329 g/mol. The molecule has 24 heavy (non-hydrogen) atoms. The lowest BCUT2D eigenvalue weighted by atomic mass is 9.94. The van der Waals surface area contributed by atoms with Gasteiger partial charge in [0.25, 0.3) is 0 Å². The molecule has 0 amide bonds. The second-order valence-electron chi connectivity index (χ2n) is 6.63. The molecular formula is C17H20FN3O2S. The van der Waals surface area contributed by atoms with Crippen LogP contribution < -0.4 is 0 Å². The Morgan fingerprint density at radius 3 is 2.38 bits per heavy atom. The van der Waals surface area contributed by atoms with Crippen LogP contribution in [0.3, 0.4) is 0 Å². The van der Waals surface area contributed by atoms with Gasteiger partial charge in [0.05, 0.1) is 10.9 Å². The number of nitrogens with zero attached hydrogens (tertiary/aromatic N) is 2. The van der Waals surface area contributed by atoms with E-state index in [0.29, 0.717) is 13.1 Å². The lowest BCUT2D eigenvalue weighted by Crippen LogP contribution is -2.39. The van der Waals surface area contributed by atoms with Crippen LogP contribution in [0.25, 0.3) is 11.3 Å². The van der Waals surface area contributed by atoms with Gasteiger partial charge in [-0.25, -0.2) is 17.1 Å². The van der Waals surface area contributed by atoms with Crippen molar-refractivity contribution in [3.63, 3.8) is 0 Å². The maximum absolute atomic E-state index is 13.0. The molecule has 1 aromatic heterocycles. The zero-order chi connectivity index (χ0) is 16.7. The van der Waals surface area contributed by atoms with Gasteiger partial charge in [-0.1, -0.05) is 0 Å². The predicted octanol–water partition coefficient (Wildman–Crippen LogP) is 2.89. The van der Waals surface area contributed by atoms with Gasteiger partial charge in [-0.3, -0.25) is 5.10 Å². The summed E-state index contributed by atoms with van der Waals surface area (Å²) in [7, 11) is -3.06. The average molecular weight is 349 g/mol. The summed E-state index contributed by atoms with van der Waals surface area (Å²) in [5, 5.41) is 7.25. The molecule has 4 rings (SSSR count). The summed E-state index contributed by atoms with van der Waals surface area (Å²) in [6.07, 6.45) is 3.22. The summed E-state index contributed by atoms with van der Waals surface area (Å²) in [4.78, 5) is 0. The van der Waals surface area contributed by atoms with E-state index in [4.69, 9.17) is 0 Å². The first-order chi connectivity index (χ1) is 11.5. The van der Waals surface area contributed by atoms with Crippen molar-refractivity contribution in [1.29, 1.82) is 0 Å². The monoisotopic (exact) mass is 349 g/mol. The number of sulfonamides is 1. The van der Waals surface area contributed by atoms with Gasteiger partial charge in [0.1, 0.15) is 5.82 Å². The molecule has 1 saturated heterocycles. The Labute approximate surface area is 140 Å². The highest BCUT2D eigenvalue weighted by Crippen LogP contribution is 2.35. The maximum atomic E-state index is 13.0. The summed E-state index contributed by atoms with van der Waals surface area (Å²) in [6.45, 7) is 1.16. The van der Waals surface area contributed by atoms with E-state index in [1.165, 1.54) is 12.1 Å². The first-order valence-electron chi connectivity index (χ1n) is 8.34. The Kier molecular flexibility index (Phi) is 3.92. The van der Waals surface area contributed by atoms with Crippen molar-refractivity contribution in [3.05, 3.63) is 41.8 Å². The van der Waals surface area contributed by atoms with Gasteiger partial charge in [0, 0.05) is 30.3 Å². The number of piperidine rings is 1. The van der Waals surface area contributed by atoms with E-state index in [9.17, 15) is 12.8 Å². The molecule has 7 heteroatoms. The zero-order valence-corrected chi connectivity index (χ0v) is 14.1. The van der Waals surface area contributed by atoms with Crippen LogP contribution in [0.1, 0.15) is 37.3 Å². The summed E-state index contributed by atoms with van der Waals surface area (Å²) in [6, 6.07) is 8.25. The Bertz CT molecular complexity index is 820. The predicted molar refractivity (Wildman–Crippen MR) is 89.5 cm³/mol. The normalized spacial score (nSPS) is 20.4. The smallest absolute Gasteiger partial charge is 0.216 e. The van der Waals surface area contributed by atoms with Crippen molar-refractivity contribution in [1.82, 2.24) is 14.5 Å². The van der Waals surface area contributed by atoms with Crippen molar-refractivity contribution >= 4 is 10.0 Å². The number of aromatic nitrogens is 2. The van der Waals surface area contributed by atoms with Gasteiger partial charge in [-0.05, 0) is 56.0 Å². The van der Waals surface area contributed by atoms with E-state index >= 15 is 0 Å². The van der Waals surface area contributed by atoms with Crippen LogP contribution >= 0.6 is 0 Å². The minimum Gasteiger partial charge on any atom is -0.282 e. The molecule has 0 atom stereocenters. The van der Waals surface area contributed by atoms with Gasteiger partial charge in [-0.2, -0.15) is 5.10 Å². The minimum atomic E-state index is -3.06. The van der Waals surface area contributed by atoms with Gasteiger partial charge in [-0.15, -0.1) is 0 Å². The minimum absolute atomic E-state index is 0.133. The van der Waals surface area contributed by atoms with E-state index in [2.05, 4.69) is 10.2 Å². The van der Waals surface area contributed by atoms with E-state index in [0.717, 1.165) is 42.6 Å². The number of rotatable bonds is 4. The molecule has 2 fully saturated rings. The summed E-state index contributed by atoms with van der Waals surface area (Å²) >= 11 is 0. The van der Waals surface area contributed by atoms with Crippen molar-refractivity contribution < 1.29 is 12.8 Å². The largest absolute Gasteiger partial charge is 0.282 e. The molecule has 1 N–H and O–H groups in total. The van der Waals surface area contributed by atoms with E-state index in [1.54, 1.807) is 16.4 Å². The van der Waals surface area contributed by atoms with Crippen molar-refractivity contribution in [3.8, 4) is 11.3 Å². The first-order valence-corrected chi connectivity index (χ1v) is 9.84. The number of hydrogen-bond donors (Lipinski definition) is 1. The summed E-state index contributed by atoms with van der Waals surface area (Å²) in [5.74, 6) is 0.0242. The lowest BCUT2D eigenvalue weighted by molar-refractivity contribution is 0.316. The standard InChI is InChI=1S/C17H20FN3O2S/c18-14-3-1-12(2-4-14)16-11-17(20-19-16)13-7-9-21(10-8-13)24(22,23)15-5-6-15/h1-4,11,13,15H,5-10H2,(H,19,20).